The van der Waals surface area contributed by atoms with Gasteiger partial charge in [0.2, 0.25) is 0 Å². The normalized spacial score (nSPS) is 15.1. The van der Waals surface area contributed by atoms with E-state index >= 15 is 0 Å². The summed E-state index contributed by atoms with van der Waals surface area (Å²) < 4.78 is 1.06. The Labute approximate surface area is 99.8 Å². The molecule has 0 fully saturated rings. The molecule has 0 heterocycles. The average Bonchev–Trinajstić information content (AvgIpc) is 2.17. The molecule has 84 valence electrons. The lowest BCUT2D eigenvalue weighted by atomic mass is 9.92. The largest absolute Gasteiger partial charge is 0.388 e. The van der Waals surface area contributed by atoms with Crippen LogP contribution in [-0.4, -0.2) is 17.3 Å². The molecule has 0 aliphatic rings. The van der Waals surface area contributed by atoms with E-state index in [1.54, 1.807) is 0 Å². The van der Waals surface area contributed by atoms with Gasteiger partial charge in [0.1, 0.15) is 0 Å². The van der Waals surface area contributed by atoms with Crippen LogP contribution in [0.25, 0.3) is 0 Å². The average molecular weight is 272 g/mol. The minimum absolute atomic E-state index is 0.237. The molecule has 0 amide bonds. The quantitative estimate of drug-likeness (QED) is 0.881. The van der Waals surface area contributed by atoms with E-state index in [-0.39, 0.29) is 5.92 Å². The summed E-state index contributed by atoms with van der Waals surface area (Å²) in [6.07, 6.45) is 0. The molecule has 15 heavy (non-hydrogen) atoms. The van der Waals surface area contributed by atoms with E-state index in [1.165, 1.54) is 0 Å². The number of nitrogens with one attached hydrogen (secondary N) is 1. The van der Waals surface area contributed by atoms with E-state index in [0.717, 1.165) is 10.2 Å². The van der Waals surface area contributed by atoms with Crippen molar-refractivity contribution in [2.24, 2.45) is 5.92 Å². The summed E-state index contributed by atoms with van der Waals surface area (Å²) in [5, 5.41) is 13.3. The van der Waals surface area contributed by atoms with Gasteiger partial charge in [0, 0.05) is 16.7 Å². The maximum absolute atomic E-state index is 10.0. The number of hydrogen-bond acceptors (Lipinski definition) is 2. The zero-order valence-corrected chi connectivity index (χ0v) is 11.0. The SMILES string of the molecule is CC(C)C(C)(O)CNc1ccc(Br)cc1. The third-order valence-electron chi connectivity index (χ3n) is 2.74. The summed E-state index contributed by atoms with van der Waals surface area (Å²) in [5.74, 6) is 0.237. The monoisotopic (exact) mass is 271 g/mol. The van der Waals surface area contributed by atoms with Gasteiger partial charge in [-0.1, -0.05) is 29.8 Å². The van der Waals surface area contributed by atoms with Gasteiger partial charge >= 0.3 is 0 Å². The molecule has 0 aliphatic carbocycles. The Kier molecular flexibility index (Phi) is 4.17. The molecule has 1 aromatic rings. The van der Waals surface area contributed by atoms with Crippen molar-refractivity contribution in [3.63, 3.8) is 0 Å². The Morgan fingerprint density at radius 1 is 1.33 bits per heavy atom. The van der Waals surface area contributed by atoms with Gasteiger partial charge < -0.3 is 10.4 Å². The molecule has 3 heteroatoms. The van der Waals surface area contributed by atoms with Crippen molar-refractivity contribution in [3.05, 3.63) is 28.7 Å². The molecule has 0 radical (unpaired) electrons. The first kappa shape index (κ1) is 12.5. The van der Waals surface area contributed by atoms with Crippen LogP contribution >= 0.6 is 15.9 Å². The van der Waals surface area contributed by atoms with Gasteiger partial charge in [0.25, 0.3) is 0 Å². The molecule has 0 bridgehead atoms. The number of halogens is 1. The summed E-state index contributed by atoms with van der Waals surface area (Å²) >= 11 is 3.38. The molecule has 1 unspecified atom stereocenters. The first-order valence-electron chi connectivity index (χ1n) is 5.13. The van der Waals surface area contributed by atoms with Gasteiger partial charge in [-0.05, 0) is 37.1 Å². The van der Waals surface area contributed by atoms with Crippen LogP contribution in [0.5, 0.6) is 0 Å². The van der Waals surface area contributed by atoms with Crippen LogP contribution < -0.4 is 5.32 Å². The highest BCUT2D eigenvalue weighted by Gasteiger charge is 2.24. The number of aliphatic hydroxyl groups is 1. The van der Waals surface area contributed by atoms with E-state index in [2.05, 4.69) is 21.2 Å². The van der Waals surface area contributed by atoms with E-state index in [1.807, 2.05) is 45.0 Å². The van der Waals surface area contributed by atoms with Crippen LogP contribution in [0.4, 0.5) is 5.69 Å². The number of anilines is 1. The van der Waals surface area contributed by atoms with Gasteiger partial charge in [-0.25, -0.2) is 0 Å². The molecule has 2 N–H and O–H groups in total. The molecule has 0 aliphatic heterocycles. The third-order valence-corrected chi connectivity index (χ3v) is 3.27. The lowest BCUT2D eigenvalue weighted by molar-refractivity contribution is 0.0266. The molecule has 0 spiro atoms. The van der Waals surface area contributed by atoms with Crippen molar-refractivity contribution in [2.45, 2.75) is 26.4 Å². The van der Waals surface area contributed by atoms with E-state index in [4.69, 9.17) is 0 Å². The van der Waals surface area contributed by atoms with E-state index < -0.39 is 5.60 Å². The van der Waals surface area contributed by atoms with Crippen molar-refractivity contribution in [3.8, 4) is 0 Å². The Balaban J connectivity index is 2.54. The summed E-state index contributed by atoms with van der Waals surface area (Å²) in [7, 11) is 0. The maximum Gasteiger partial charge on any atom is 0.0813 e. The van der Waals surface area contributed by atoms with Crippen molar-refractivity contribution in [2.75, 3.05) is 11.9 Å². The standard InChI is InChI=1S/C12H18BrNO/c1-9(2)12(3,15)8-14-11-6-4-10(13)5-7-11/h4-7,9,14-15H,8H2,1-3H3. The summed E-state index contributed by atoms with van der Waals surface area (Å²) in [5.41, 5.74) is 0.353. The molecule has 2 nitrogen and oxygen atoms in total. The van der Waals surface area contributed by atoms with Gasteiger partial charge in [-0.3, -0.25) is 0 Å². The molecule has 0 saturated carbocycles. The zero-order chi connectivity index (χ0) is 11.5. The molecule has 1 atom stereocenters. The second-order valence-electron chi connectivity index (χ2n) is 4.37. The minimum Gasteiger partial charge on any atom is -0.388 e. The second-order valence-corrected chi connectivity index (χ2v) is 5.29. The number of rotatable bonds is 4. The molecule has 0 aromatic heterocycles. The summed E-state index contributed by atoms with van der Waals surface area (Å²) in [4.78, 5) is 0. The van der Waals surface area contributed by atoms with Crippen LogP contribution in [0.3, 0.4) is 0 Å². The van der Waals surface area contributed by atoms with Gasteiger partial charge in [-0.2, -0.15) is 0 Å². The third kappa shape index (κ3) is 3.84. The fourth-order valence-corrected chi connectivity index (χ4v) is 1.32. The van der Waals surface area contributed by atoms with Crippen molar-refractivity contribution >= 4 is 21.6 Å². The number of benzene rings is 1. The molecular weight excluding hydrogens is 254 g/mol. The van der Waals surface area contributed by atoms with E-state index in [9.17, 15) is 5.11 Å². The summed E-state index contributed by atoms with van der Waals surface area (Å²) in [6, 6.07) is 7.93. The molecule has 1 aromatic carbocycles. The number of hydrogen-bond donors (Lipinski definition) is 2. The first-order chi connectivity index (χ1) is 6.92. The van der Waals surface area contributed by atoms with Crippen LogP contribution in [-0.2, 0) is 0 Å². The molecular formula is C12H18BrNO. The van der Waals surface area contributed by atoms with Crippen LogP contribution in [0, 0.1) is 5.92 Å². The fourth-order valence-electron chi connectivity index (χ4n) is 1.05. The highest BCUT2D eigenvalue weighted by molar-refractivity contribution is 9.10. The van der Waals surface area contributed by atoms with Crippen LogP contribution in [0.1, 0.15) is 20.8 Å². The summed E-state index contributed by atoms with van der Waals surface area (Å²) in [6.45, 7) is 6.45. The Morgan fingerprint density at radius 3 is 2.33 bits per heavy atom. The van der Waals surface area contributed by atoms with Crippen molar-refractivity contribution in [1.29, 1.82) is 0 Å². The van der Waals surface area contributed by atoms with E-state index in [0.29, 0.717) is 6.54 Å². The fraction of sp³-hybridized carbons (Fsp3) is 0.500. The van der Waals surface area contributed by atoms with Crippen LogP contribution in [0.2, 0.25) is 0 Å². The van der Waals surface area contributed by atoms with Crippen molar-refractivity contribution in [1.82, 2.24) is 0 Å². The first-order valence-corrected chi connectivity index (χ1v) is 5.93. The zero-order valence-electron chi connectivity index (χ0n) is 9.42. The Hall–Kier alpha value is -0.540. The van der Waals surface area contributed by atoms with Crippen LogP contribution in [0.15, 0.2) is 28.7 Å². The highest BCUT2D eigenvalue weighted by Crippen LogP contribution is 2.18. The minimum atomic E-state index is -0.674. The highest BCUT2D eigenvalue weighted by atomic mass is 79.9. The Morgan fingerprint density at radius 2 is 1.87 bits per heavy atom. The topological polar surface area (TPSA) is 32.3 Å². The predicted molar refractivity (Wildman–Crippen MR) is 68.1 cm³/mol. The lowest BCUT2D eigenvalue weighted by Gasteiger charge is -2.28. The smallest absolute Gasteiger partial charge is 0.0813 e. The van der Waals surface area contributed by atoms with Crippen molar-refractivity contribution < 1.29 is 5.11 Å². The Bertz CT molecular complexity index is 306. The predicted octanol–water partition coefficient (Wildman–Crippen LogP) is 3.27. The van der Waals surface area contributed by atoms with Gasteiger partial charge in [-0.15, -0.1) is 0 Å². The molecule has 1 rings (SSSR count). The van der Waals surface area contributed by atoms with Gasteiger partial charge in [0.15, 0.2) is 0 Å². The lowest BCUT2D eigenvalue weighted by Crippen LogP contribution is -2.38. The maximum atomic E-state index is 10.0. The second kappa shape index (κ2) is 4.99. The van der Waals surface area contributed by atoms with Gasteiger partial charge in [0.05, 0.1) is 5.60 Å². The molecule has 0 saturated heterocycles.